The number of nitrogens with zero attached hydrogens (tertiary/aromatic N) is 2. The Morgan fingerprint density at radius 1 is 1.00 bits per heavy atom. The summed E-state index contributed by atoms with van der Waals surface area (Å²) in [6.45, 7) is 2.89. The molecule has 7 nitrogen and oxygen atoms in total. The number of aliphatic hydroxyl groups excluding tert-OH is 1. The Morgan fingerprint density at radius 2 is 1.73 bits per heavy atom. The van der Waals surface area contributed by atoms with Crippen LogP contribution in [0.3, 0.4) is 0 Å². The standard InChI is InChI=1S/C26H26N4O3/c1-15-8-9-22-18(10-15)20(14-30(22)13-16(31)12-29(2)3)24-23(25(32)28-26(24)33)19-11-27-21-7-5-4-6-17(19)21/h4-11,14,16,27,31H,12-13H2,1-3H3,(H,28,32,33). The Bertz CT molecular complexity index is 1440. The van der Waals surface area contributed by atoms with E-state index in [1.807, 2.05) is 79.1 Å². The molecular formula is C26H26N4O3. The van der Waals surface area contributed by atoms with Gasteiger partial charge < -0.3 is 19.6 Å². The maximum absolute atomic E-state index is 13.1. The summed E-state index contributed by atoms with van der Waals surface area (Å²) in [6.07, 6.45) is 3.08. The van der Waals surface area contributed by atoms with E-state index in [4.69, 9.17) is 0 Å². The summed E-state index contributed by atoms with van der Waals surface area (Å²) in [7, 11) is 3.83. The third kappa shape index (κ3) is 3.65. The van der Waals surface area contributed by atoms with Crippen molar-refractivity contribution < 1.29 is 14.7 Å². The van der Waals surface area contributed by atoms with Gasteiger partial charge in [0.25, 0.3) is 11.8 Å². The second-order valence-corrected chi connectivity index (χ2v) is 8.91. The number of carbonyl (C=O) groups excluding carboxylic acids is 2. The highest BCUT2D eigenvalue weighted by molar-refractivity contribution is 6.50. The predicted octanol–water partition coefficient (Wildman–Crippen LogP) is 2.92. The molecule has 0 radical (unpaired) electrons. The highest BCUT2D eigenvalue weighted by atomic mass is 16.3. The van der Waals surface area contributed by atoms with Crippen molar-refractivity contribution in [3.05, 3.63) is 71.5 Å². The Balaban J connectivity index is 1.73. The summed E-state index contributed by atoms with van der Waals surface area (Å²) >= 11 is 0. The molecule has 0 fully saturated rings. The van der Waals surface area contributed by atoms with E-state index in [2.05, 4.69) is 10.3 Å². The first kappa shape index (κ1) is 21.2. The maximum atomic E-state index is 13.1. The third-order valence-electron chi connectivity index (χ3n) is 6.08. The van der Waals surface area contributed by atoms with E-state index < -0.39 is 17.9 Å². The number of carbonyl (C=O) groups is 2. The van der Waals surface area contributed by atoms with Crippen LogP contribution in [0.2, 0.25) is 0 Å². The molecule has 1 aliphatic rings. The molecule has 0 aliphatic carbocycles. The number of para-hydroxylation sites is 1. The molecule has 5 rings (SSSR count). The fourth-order valence-corrected chi connectivity index (χ4v) is 4.72. The molecular weight excluding hydrogens is 416 g/mol. The zero-order valence-electron chi connectivity index (χ0n) is 18.8. The third-order valence-corrected chi connectivity index (χ3v) is 6.08. The van der Waals surface area contributed by atoms with Gasteiger partial charge in [0.05, 0.1) is 17.3 Å². The summed E-state index contributed by atoms with van der Waals surface area (Å²) in [5, 5.41) is 14.8. The molecule has 0 saturated carbocycles. The number of aryl methyl sites for hydroxylation is 1. The monoisotopic (exact) mass is 442 g/mol. The van der Waals surface area contributed by atoms with Crippen LogP contribution in [0.4, 0.5) is 0 Å². The van der Waals surface area contributed by atoms with Gasteiger partial charge in [-0.2, -0.15) is 0 Å². The quantitative estimate of drug-likeness (QED) is 0.401. The Labute approximate surface area is 191 Å². The number of aliphatic hydroxyl groups is 1. The van der Waals surface area contributed by atoms with Crippen molar-refractivity contribution in [1.82, 2.24) is 19.8 Å². The average molecular weight is 443 g/mol. The van der Waals surface area contributed by atoms with Gasteiger partial charge in [0.1, 0.15) is 0 Å². The van der Waals surface area contributed by atoms with Crippen LogP contribution in [0.15, 0.2) is 54.9 Å². The lowest BCUT2D eigenvalue weighted by atomic mass is 9.95. The van der Waals surface area contributed by atoms with Crippen LogP contribution in [0.25, 0.3) is 33.0 Å². The van der Waals surface area contributed by atoms with E-state index in [0.717, 1.165) is 27.4 Å². The number of nitrogens with one attached hydrogen (secondary N) is 2. The van der Waals surface area contributed by atoms with Gasteiger partial charge in [0.2, 0.25) is 0 Å². The Kier molecular flexibility index (Phi) is 5.15. The number of aromatic amines is 1. The van der Waals surface area contributed by atoms with Gasteiger partial charge in [-0.25, -0.2) is 0 Å². The summed E-state index contributed by atoms with van der Waals surface area (Å²) < 4.78 is 1.97. The summed E-state index contributed by atoms with van der Waals surface area (Å²) in [6, 6.07) is 13.7. The minimum absolute atomic E-state index is 0.362. The van der Waals surface area contributed by atoms with Crippen molar-refractivity contribution in [2.75, 3.05) is 20.6 Å². The van der Waals surface area contributed by atoms with E-state index in [1.165, 1.54) is 0 Å². The number of amides is 2. The molecule has 0 spiro atoms. The molecule has 168 valence electrons. The number of rotatable bonds is 6. The second kappa shape index (κ2) is 8.03. The zero-order chi connectivity index (χ0) is 23.3. The molecule has 1 atom stereocenters. The van der Waals surface area contributed by atoms with Crippen LogP contribution in [0, 0.1) is 6.92 Å². The number of imide groups is 1. The molecule has 0 bridgehead atoms. The lowest BCUT2D eigenvalue weighted by Crippen LogP contribution is -2.29. The highest BCUT2D eigenvalue weighted by Gasteiger charge is 2.35. The number of benzene rings is 2. The average Bonchev–Trinajstić information content (AvgIpc) is 3.40. The molecule has 1 aliphatic heterocycles. The van der Waals surface area contributed by atoms with E-state index in [-0.39, 0.29) is 0 Å². The van der Waals surface area contributed by atoms with Gasteiger partial charge >= 0.3 is 0 Å². The minimum atomic E-state index is -0.578. The molecule has 2 amide bonds. The van der Waals surface area contributed by atoms with Crippen molar-refractivity contribution in [3.8, 4) is 0 Å². The molecule has 4 aromatic rings. The topological polar surface area (TPSA) is 90.4 Å². The lowest BCUT2D eigenvalue weighted by molar-refractivity contribution is -0.122. The van der Waals surface area contributed by atoms with Crippen molar-refractivity contribution in [2.45, 2.75) is 19.6 Å². The van der Waals surface area contributed by atoms with Crippen molar-refractivity contribution in [1.29, 1.82) is 0 Å². The summed E-state index contributed by atoms with van der Waals surface area (Å²) in [4.78, 5) is 31.2. The lowest BCUT2D eigenvalue weighted by Gasteiger charge is -2.17. The molecule has 3 N–H and O–H groups in total. The molecule has 3 heterocycles. The molecule has 1 unspecified atom stereocenters. The van der Waals surface area contributed by atoms with Crippen LogP contribution >= 0.6 is 0 Å². The van der Waals surface area contributed by atoms with Crippen molar-refractivity contribution >= 4 is 44.8 Å². The summed E-state index contributed by atoms with van der Waals surface area (Å²) in [5.74, 6) is -0.810. The predicted molar refractivity (Wildman–Crippen MR) is 129 cm³/mol. The van der Waals surface area contributed by atoms with Gasteiger partial charge in [-0.3, -0.25) is 14.9 Å². The number of H-pyrrole nitrogens is 1. The van der Waals surface area contributed by atoms with Gasteiger partial charge in [0, 0.05) is 58.4 Å². The number of likely N-dealkylation sites (N-methyl/N-ethyl adjacent to an activating group) is 1. The van der Waals surface area contributed by atoms with Gasteiger partial charge in [-0.15, -0.1) is 0 Å². The fraction of sp³-hybridized carbons (Fsp3) is 0.231. The van der Waals surface area contributed by atoms with Gasteiger partial charge in [-0.05, 0) is 39.2 Å². The van der Waals surface area contributed by atoms with Crippen LogP contribution in [0.5, 0.6) is 0 Å². The normalized spacial score (nSPS) is 15.3. The second-order valence-electron chi connectivity index (χ2n) is 8.91. The largest absolute Gasteiger partial charge is 0.390 e. The van der Waals surface area contributed by atoms with E-state index in [0.29, 0.717) is 35.4 Å². The number of aromatic nitrogens is 2. The Morgan fingerprint density at radius 3 is 2.48 bits per heavy atom. The van der Waals surface area contributed by atoms with Crippen LogP contribution in [0.1, 0.15) is 16.7 Å². The van der Waals surface area contributed by atoms with E-state index in [1.54, 1.807) is 6.20 Å². The maximum Gasteiger partial charge on any atom is 0.259 e. The minimum Gasteiger partial charge on any atom is -0.390 e. The molecule has 7 heteroatoms. The first-order valence-corrected chi connectivity index (χ1v) is 10.9. The van der Waals surface area contributed by atoms with Crippen LogP contribution < -0.4 is 5.32 Å². The van der Waals surface area contributed by atoms with E-state index >= 15 is 0 Å². The first-order chi connectivity index (χ1) is 15.8. The fourth-order valence-electron chi connectivity index (χ4n) is 4.72. The van der Waals surface area contributed by atoms with Gasteiger partial charge in [-0.1, -0.05) is 29.8 Å². The van der Waals surface area contributed by atoms with Crippen molar-refractivity contribution in [3.63, 3.8) is 0 Å². The number of hydrogen-bond acceptors (Lipinski definition) is 4. The summed E-state index contributed by atoms with van der Waals surface area (Å²) in [5.41, 5.74) is 4.98. The molecule has 0 saturated heterocycles. The van der Waals surface area contributed by atoms with Crippen molar-refractivity contribution in [2.24, 2.45) is 0 Å². The molecule has 33 heavy (non-hydrogen) atoms. The highest BCUT2D eigenvalue weighted by Crippen LogP contribution is 2.38. The number of hydrogen-bond donors (Lipinski definition) is 3. The molecule has 2 aromatic carbocycles. The SMILES string of the molecule is Cc1ccc2c(c1)c(C1=C(c3c[nH]c4ccccc34)C(=O)NC1=O)cn2CC(O)CN(C)C. The Hall–Kier alpha value is -3.68. The zero-order valence-corrected chi connectivity index (χ0v) is 18.8. The van der Waals surface area contributed by atoms with Crippen LogP contribution in [-0.2, 0) is 16.1 Å². The smallest absolute Gasteiger partial charge is 0.259 e. The van der Waals surface area contributed by atoms with Gasteiger partial charge in [0.15, 0.2) is 0 Å². The number of fused-ring (bicyclic) bond motifs is 2. The van der Waals surface area contributed by atoms with E-state index in [9.17, 15) is 14.7 Å². The molecule has 2 aromatic heterocycles. The first-order valence-electron chi connectivity index (χ1n) is 10.9. The van der Waals surface area contributed by atoms with Crippen LogP contribution in [-0.4, -0.2) is 58.1 Å².